The van der Waals surface area contributed by atoms with Gasteiger partial charge in [-0.1, -0.05) is 6.07 Å². The minimum atomic E-state index is -0.397. The molecule has 0 aliphatic carbocycles. The van der Waals surface area contributed by atoms with E-state index in [1.165, 1.54) is 12.4 Å². The molecule has 3 rings (SSSR count). The Morgan fingerprint density at radius 2 is 1.65 bits per heavy atom. The summed E-state index contributed by atoms with van der Waals surface area (Å²) in [5, 5.41) is 23.5. The molecule has 0 saturated heterocycles. The molecule has 0 saturated carbocycles. The number of carbonyl (C=O) groups is 1. The molecule has 0 aliphatic rings. The Kier molecular flexibility index (Phi) is 4.83. The summed E-state index contributed by atoms with van der Waals surface area (Å²) >= 11 is 0. The van der Waals surface area contributed by atoms with Crippen LogP contribution < -0.4 is 10.6 Å². The summed E-state index contributed by atoms with van der Waals surface area (Å²) in [7, 11) is 0. The zero-order chi connectivity index (χ0) is 18.4. The van der Waals surface area contributed by atoms with Crippen molar-refractivity contribution in [1.29, 1.82) is 10.5 Å². The molecule has 3 aromatic rings. The van der Waals surface area contributed by atoms with E-state index in [2.05, 4.69) is 26.7 Å². The molecule has 2 aromatic carbocycles. The quantitative estimate of drug-likeness (QED) is 0.753. The fourth-order valence-corrected chi connectivity index (χ4v) is 2.19. The lowest BCUT2D eigenvalue weighted by molar-refractivity contribution is 0.102. The fourth-order valence-electron chi connectivity index (χ4n) is 2.19. The molecule has 7 nitrogen and oxygen atoms in total. The standard InChI is InChI=1S/C19H12N6O/c20-10-13-4-6-15(7-5-13)25-19(26)17-9-18(23-12-22-17)24-16-3-1-2-14(8-16)11-21/h1-9,12H,(H,25,26)(H,22,23,24). The zero-order valence-electron chi connectivity index (χ0n) is 13.5. The van der Waals surface area contributed by atoms with Crippen LogP contribution in [0.4, 0.5) is 17.2 Å². The first kappa shape index (κ1) is 16.6. The lowest BCUT2D eigenvalue weighted by Gasteiger charge is -2.08. The number of nitrogens with one attached hydrogen (secondary N) is 2. The maximum atomic E-state index is 12.3. The van der Waals surface area contributed by atoms with E-state index in [9.17, 15) is 4.79 Å². The molecule has 0 radical (unpaired) electrons. The predicted octanol–water partition coefficient (Wildman–Crippen LogP) is 3.22. The normalized spacial score (nSPS) is 9.62. The van der Waals surface area contributed by atoms with E-state index < -0.39 is 5.91 Å². The third kappa shape index (κ3) is 3.99. The van der Waals surface area contributed by atoms with E-state index in [0.29, 0.717) is 28.3 Å². The van der Waals surface area contributed by atoms with Crippen molar-refractivity contribution in [1.82, 2.24) is 9.97 Å². The number of aromatic nitrogens is 2. The van der Waals surface area contributed by atoms with E-state index in [-0.39, 0.29) is 5.69 Å². The summed E-state index contributed by atoms with van der Waals surface area (Å²) in [5.74, 6) is 0.0333. The monoisotopic (exact) mass is 340 g/mol. The van der Waals surface area contributed by atoms with Gasteiger partial charge in [-0.2, -0.15) is 10.5 Å². The highest BCUT2D eigenvalue weighted by molar-refractivity contribution is 6.03. The van der Waals surface area contributed by atoms with Crippen molar-refractivity contribution in [2.75, 3.05) is 10.6 Å². The molecule has 124 valence electrons. The van der Waals surface area contributed by atoms with Crippen LogP contribution in [0.3, 0.4) is 0 Å². The van der Waals surface area contributed by atoms with Gasteiger partial charge in [0.25, 0.3) is 5.91 Å². The van der Waals surface area contributed by atoms with Gasteiger partial charge in [0.15, 0.2) is 0 Å². The number of rotatable bonds is 4. The Morgan fingerprint density at radius 3 is 2.38 bits per heavy atom. The SMILES string of the molecule is N#Cc1ccc(NC(=O)c2cc(Nc3cccc(C#N)c3)ncn2)cc1. The van der Waals surface area contributed by atoms with E-state index in [4.69, 9.17) is 10.5 Å². The van der Waals surface area contributed by atoms with Crippen LogP contribution in [-0.4, -0.2) is 15.9 Å². The molecule has 0 spiro atoms. The molecule has 0 atom stereocenters. The van der Waals surface area contributed by atoms with Crippen LogP contribution in [0.25, 0.3) is 0 Å². The number of hydrogen-bond acceptors (Lipinski definition) is 6. The van der Waals surface area contributed by atoms with Crippen molar-refractivity contribution >= 4 is 23.1 Å². The average molecular weight is 340 g/mol. The summed E-state index contributed by atoms with van der Waals surface area (Å²) in [4.78, 5) is 20.4. The van der Waals surface area contributed by atoms with E-state index in [1.807, 2.05) is 6.07 Å². The van der Waals surface area contributed by atoms with Gasteiger partial charge in [-0.05, 0) is 42.5 Å². The van der Waals surface area contributed by atoms with Gasteiger partial charge in [-0.25, -0.2) is 9.97 Å². The van der Waals surface area contributed by atoms with E-state index in [1.54, 1.807) is 48.5 Å². The lowest BCUT2D eigenvalue weighted by Crippen LogP contribution is -2.14. The third-order valence-electron chi connectivity index (χ3n) is 3.44. The van der Waals surface area contributed by atoms with Crippen LogP contribution in [-0.2, 0) is 0 Å². The fraction of sp³-hybridized carbons (Fsp3) is 0. The highest BCUT2D eigenvalue weighted by atomic mass is 16.1. The first-order valence-electron chi connectivity index (χ1n) is 7.59. The lowest BCUT2D eigenvalue weighted by atomic mass is 10.2. The summed E-state index contributed by atoms with van der Waals surface area (Å²) in [6, 6.07) is 19.0. The maximum Gasteiger partial charge on any atom is 0.274 e. The van der Waals surface area contributed by atoms with Crippen LogP contribution in [0.5, 0.6) is 0 Å². The van der Waals surface area contributed by atoms with Crippen LogP contribution in [0.2, 0.25) is 0 Å². The molecule has 1 aromatic heterocycles. The molecule has 7 heteroatoms. The van der Waals surface area contributed by atoms with Gasteiger partial charge >= 0.3 is 0 Å². The zero-order valence-corrected chi connectivity index (χ0v) is 13.5. The van der Waals surface area contributed by atoms with E-state index >= 15 is 0 Å². The van der Waals surface area contributed by atoms with Crippen LogP contribution >= 0.6 is 0 Å². The largest absolute Gasteiger partial charge is 0.340 e. The van der Waals surface area contributed by atoms with Gasteiger partial charge in [0, 0.05) is 17.4 Å². The second kappa shape index (κ2) is 7.56. The third-order valence-corrected chi connectivity index (χ3v) is 3.44. The Balaban J connectivity index is 1.74. The molecule has 0 aliphatic heterocycles. The molecule has 2 N–H and O–H groups in total. The Hall–Kier alpha value is -4.23. The average Bonchev–Trinajstić information content (AvgIpc) is 2.69. The Labute approximate surface area is 149 Å². The van der Waals surface area contributed by atoms with E-state index in [0.717, 1.165) is 0 Å². The van der Waals surface area contributed by atoms with Crippen molar-refractivity contribution in [3.8, 4) is 12.1 Å². The number of nitriles is 2. The topological polar surface area (TPSA) is 114 Å². The van der Waals surface area contributed by atoms with Crippen molar-refractivity contribution in [3.05, 3.63) is 77.7 Å². The van der Waals surface area contributed by atoms with Crippen LogP contribution in [0.1, 0.15) is 21.6 Å². The Bertz CT molecular complexity index is 1030. The number of hydrogen-bond donors (Lipinski definition) is 2. The summed E-state index contributed by atoms with van der Waals surface area (Å²) in [6.07, 6.45) is 1.28. The number of benzene rings is 2. The first-order valence-corrected chi connectivity index (χ1v) is 7.59. The van der Waals surface area contributed by atoms with Crippen LogP contribution in [0.15, 0.2) is 60.9 Å². The molecular formula is C19H12N6O. The van der Waals surface area contributed by atoms with Crippen molar-refractivity contribution in [3.63, 3.8) is 0 Å². The molecular weight excluding hydrogens is 328 g/mol. The van der Waals surface area contributed by atoms with Gasteiger partial charge in [-0.3, -0.25) is 4.79 Å². The van der Waals surface area contributed by atoms with Crippen LogP contribution in [0, 0.1) is 22.7 Å². The summed E-state index contributed by atoms with van der Waals surface area (Å²) in [5.41, 5.74) is 2.45. The number of amides is 1. The molecule has 0 bridgehead atoms. The molecule has 0 fully saturated rings. The second-order valence-corrected chi connectivity index (χ2v) is 5.25. The smallest absolute Gasteiger partial charge is 0.274 e. The van der Waals surface area contributed by atoms with Crippen molar-refractivity contribution < 1.29 is 4.79 Å². The minimum absolute atomic E-state index is 0.184. The number of anilines is 3. The van der Waals surface area contributed by atoms with Gasteiger partial charge in [-0.15, -0.1) is 0 Å². The number of nitrogens with zero attached hydrogens (tertiary/aromatic N) is 4. The maximum absolute atomic E-state index is 12.3. The predicted molar refractivity (Wildman–Crippen MR) is 95.6 cm³/mol. The van der Waals surface area contributed by atoms with Gasteiger partial charge in [0.2, 0.25) is 0 Å². The molecule has 0 unspecified atom stereocenters. The van der Waals surface area contributed by atoms with Gasteiger partial charge in [0.05, 0.1) is 23.3 Å². The second-order valence-electron chi connectivity index (χ2n) is 5.25. The molecule has 26 heavy (non-hydrogen) atoms. The van der Waals surface area contributed by atoms with Crippen molar-refractivity contribution in [2.45, 2.75) is 0 Å². The summed E-state index contributed by atoms with van der Waals surface area (Å²) in [6.45, 7) is 0. The highest BCUT2D eigenvalue weighted by Crippen LogP contribution is 2.17. The highest BCUT2D eigenvalue weighted by Gasteiger charge is 2.09. The summed E-state index contributed by atoms with van der Waals surface area (Å²) < 4.78 is 0. The first-order chi connectivity index (χ1) is 12.7. The molecule has 1 amide bonds. The van der Waals surface area contributed by atoms with Crippen molar-refractivity contribution in [2.24, 2.45) is 0 Å². The minimum Gasteiger partial charge on any atom is -0.340 e. The molecule has 1 heterocycles. The van der Waals surface area contributed by atoms with Gasteiger partial charge in [0.1, 0.15) is 17.8 Å². The van der Waals surface area contributed by atoms with Gasteiger partial charge < -0.3 is 10.6 Å². The Morgan fingerprint density at radius 1 is 0.885 bits per heavy atom. The number of carbonyl (C=O) groups excluding carboxylic acids is 1.